The Morgan fingerprint density at radius 2 is 2.11 bits per heavy atom. The predicted molar refractivity (Wildman–Crippen MR) is 77.9 cm³/mol. The fourth-order valence-corrected chi connectivity index (χ4v) is 2.65. The molecule has 0 amide bonds. The second-order valence-corrected chi connectivity index (χ2v) is 5.69. The number of nitrogens with two attached hydrogens (primary N) is 1. The van der Waals surface area contributed by atoms with E-state index in [4.69, 9.17) is 5.73 Å². The van der Waals surface area contributed by atoms with E-state index in [1.807, 2.05) is 17.8 Å². The van der Waals surface area contributed by atoms with Crippen LogP contribution in [0.1, 0.15) is 31.4 Å². The van der Waals surface area contributed by atoms with Crippen LogP contribution in [-0.2, 0) is 5.75 Å². The zero-order valence-electron chi connectivity index (χ0n) is 11.0. The quantitative estimate of drug-likeness (QED) is 0.652. The van der Waals surface area contributed by atoms with Gasteiger partial charge in [-0.25, -0.2) is 4.39 Å². The lowest BCUT2D eigenvalue weighted by atomic mass is 10.1. The van der Waals surface area contributed by atoms with E-state index in [1.165, 1.54) is 12.5 Å². The lowest BCUT2D eigenvalue weighted by molar-refractivity contribution is 0.625. The molecular weight excluding hydrogens is 245 g/mol. The Morgan fingerprint density at radius 3 is 2.78 bits per heavy atom. The zero-order valence-corrected chi connectivity index (χ0v) is 11.8. The monoisotopic (exact) mass is 265 g/mol. The summed E-state index contributed by atoms with van der Waals surface area (Å²) in [5.41, 5.74) is 7.01. The lowest BCUT2D eigenvalue weighted by Gasteiger charge is -2.05. The molecule has 1 aromatic carbocycles. The number of halogens is 1. The van der Waals surface area contributed by atoms with Gasteiger partial charge in [-0.05, 0) is 41.9 Å². The van der Waals surface area contributed by atoms with Gasteiger partial charge in [-0.1, -0.05) is 25.7 Å². The number of hydrogen-bond acceptors (Lipinski definition) is 2. The molecule has 0 unspecified atom stereocenters. The Morgan fingerprint density at radius 1 is 1.33 bits per heavy atom. The standard InChI is InChI=1S/C15H20FNS/c1-12(2)5-7-18-11-14-8-13(4-3-6-17)9-15(16)10-14/h8-10,12H,5-7,11,17H2,1-2H3. The van der Waals surface area contributed by atoms with E-state index in [2.05, 4.69) is 25.7 Å². The van der Waals surface area contributed by atoms with Crippen molar-refractivity contribution in [3.63, 3.8) is 0 Å². The fourth-order valence-electron chi connectivity index (χ4n) is 1.47. The Bertz CT molecular complexity index is 432. The first-order chi connectivity index (χ1) is 8.61. The minimum atomic E-state index is -0.224. The summed E-state index contributed by atoms with van der Waals surface area (Å²) in [6, 6.07) is 4.97. The van der Waals surface area contributed by atoms with Crippen LogP contribution < -0.4 is 5.73 Å². The first-order valence-electron chi connectivity index (χ1n) is 6.18. The molecule has 0 spiro atoms. The third-order valence-corrected chi connectivity index (χ3v) is 3.46. The maximum Gasteiger partial charge on any atom is 0.124 e. The van der Waals surface area contributed by atoms with Gasteiger partial charge in [-0.3, -0.25) is 0 Å². The highest BCUT2D eigenvalue weighted by Crippen LogP contribution is 2.17. The summed E-state index contributed by atoms with van der Waals surface area (Å²) in [6.45, 7) is 4.72. The van der Waals surface area contributed by atoms with Crippen molar-refractivity contribution < 1.29 is 4.39 Å². The normalized spacial score (nSPS) is 10.3. The minimum Gasteiger partial charge on any atom is -0.320 e. The highest BCUT2D eigenvalue weighted by molar-refractivity contribution is 7.98. The molecule has 0 aliphatic heterocycles. The molecule has 1 nitrogen and oxygen atoms in total. The predicted octanol–water partition coefficient (Wildman–Crippen LogP) is 3.42. The molecule has 0 aliphatic rings. The largest absolute Gasteiger partial charge is 0.320 e. The van der Waals surface area contributed by atoms with E-state index < -0.39 is 0 Å². The average molecular weight is 265 g/mol. The molecule has 0 atom stereocenters. The summed E-state index contributed by atoms with van der Waals surface area (Å²) >= 11 is 1.84. The Labute approximate surface area is 113 Å². The third kappa shape index (κ3) is 6.09. The summed E-state index contributed by atoms with van der Waals surface area (Å²) in [5, 5.41) is 0. The van der Waals surface area contributed by atoms with Gasteiger partial charge in [0.2, 0.25) is 0 Å². The maximum atomic E-state index is 13.4. The molecule has 98 valence electrons. The van der Waals surface area contributed by atoms with Gasteiger partial charge < -0.3 is 5.73 Å². The molecule has 1 aromatic rings. The molecule has 0 bridgehead atoms. The fraction of sp³-hybridized carbons (Fsp3) is 0.467. The SMILES string of the molecule is CC(C)CCSCc1cc(F)cc(C#CCN)c1. The molecule has 3 heteroatoms. The zero-order chi connectivity index (χ0) is 13.4. The summed E-state index contributed by atoms with van der Waals surface area (Å²) in [6.07, 6.45) is 1.19. The molecule has 0 heterocycles. The topological polar surface area (TPSA) is 26.0 Å². The summed E-state index contributed by atoms with van der Waals surface area (Å²) < 4.78 is 13.4. The molecular formula is C15H20FNS. The second kappa shape index (κ2) is 8.18. The van der Waals surface area contributed by atoms with E-state index in [1.54, 1.807) is 6.07 Å². The Balaban J connectivity index is 2.57. The van der Waals surface area contributed by atoms with E-state index in [-0.39, 0.29) is 5.82 Å². The van der Waals surface area contributed by atoms with Crippen LogP contribution >= 0.6 is 11.8 Å². The van der Waals surface area contributed by atoms with Gasteiger partial charge in [0, 0.05) is 11.3 Å². The summed E-state index contributed by atoms with van der Waals surface area (Å²) in [4.78, 5) is 0. The summed E-state index contributed by atoms with van der Waals surface area (Å²) in [7, 11) is 0. The second-order valence-electron chi connectivity index (χ2n) is 4.59. The van der Waals surface area contributed by atoms with Gasteiger partial charge in [-0.2, -0.15) is 11.8 Å². The van der Waals surface area contributed by atoms with Crippen LogP contribution in [0.15, 0.2) is 18.2 Å². The van der Waals surface area contributed by atoms with E-state index >= 15 is 0 Å². The highest BCUT2D eigenvalue weighted by atomic mass is 32.2. The van der Waals surface area contributed by atoms with Crippen molar-refractivity contribution in [1.29, 1.82) is 0 Å². The molecule has 1 rings (SSSR count). The van der Waals surface area contributed by atoms with E-state index in [9.17, 15) is 4.39 Å². The van der Waals surface area contributed by atoms with Gasteiger partial charge >= 0.3 is 0 Å². The van der Waals surface area contributed by atoms with Crippen LogP contribution in [0.5, 0.6) is 0 Å². The summed E-state index contributed by atoms with van der Waals surface area (Å²) in [5.74, 6) is 8.05. The molecule has 0 aliphatic carbocycles. The van der Waals surface area contributed by atoms with Gasteiger partial charge in [0.1, 0.15) is 5.82 Å². The Hall–Kier alpha value is -0.980. The lowest BCUT2D eigenvalue weighted by Crippen LogP contribution is -1.94. The number of rotatable bonds is 5. The van der Waals surface area contributed by atoms with Crippen molar-refractivity contribution in [3.8, 4) is 11.8 Å². The van der Waals surface area contributed by atoms with Crippen LogP contribution in [0.4, 0.5) is 4.39 Å². The van der Waals surface area contributed by atoms with Crippen LogP contribution in [0.3, 0.4) is 0 Å². The van der Waals surface area contributed by atoms with Gasteiger partial charge in [-0.15, -0.1) is 0 Å². The number of thioether (sulfide) groups is 1. The van der Waals surface area contributed by atoms with Crippen molar-refractivity contribution in [1.82, 2.24) is 0 Å². The van der Waals surface area contributed by atoms with E-state index in [0.717, 1.165) is 23.0 Å². The van der Waals surface area contributed by atoms with Crippen LogP contribution in [0, 0.1) is 23.6 Å². The van der Waals surface area contributed by atoms with Gasteiger partial charge in [0.25, 0.3) is 0 Å². The Kier molecular flexibility index (Phi) is 6.85. The molecule has 0 saturated heterocycles. The molecule has 0 aromatic heterocycles. The van der Waals surface area contributed by atoms with E-state index in [0.29, 0.717) is 12.1 Å². The van der Waals surface area contributed by atoms with Crippen LogP contribution in [0.25, 0.3) is 0 Å². The first kappa shape index (κ1) is 15.1. The smallest absolute Gasteiger partial charge is 0.124 e. The van der Waals surface area contributed by atoms with Gasteiger partial charge in [0.05, 0.1) is 6.54 Å². The van der Waals surface area contributed by atoms with Crippen molar-refractivity contribution in [3.05, 3.63) is 35.1 Å². The number of hydrogen-bond donors (Lipinski definition) is 1. The third-order valence-electron chi connectivity index (χ3n) is 2.40. The molecule has 0 radical (unpaired) electrons. The maximum absolute atomic E-state index is 13.4. The van der Waals surface area contributed by atoms with Crippen LogP contribution in [-0.4, -0.2) is 12.3 Å². The average Bonchev–Trinajstić information content (AvgIpc) is 2.31. The van der Waals surface area contributed by atoms with Gasteiger partial charge in [0.15, 0.2) is 0 Å². The van der Waals surface area contributed by atoms with Crippen molar-refractivity contribution in [2.24, 2.45) is 11.7 Å². The van der Waals surface area contributed by atoms with Crippen LogP contribution in [0.2, 0.25) is 0 Å². The number of benzene rings is 1. The van der Waals surface area contributed by atoms with Crippen molar-refractivity contribution in [2.75, 3.05) is 12.3 Å². The minimum absolute atomic E-state index is 0.224. The van der Waals surface area contributed by atoms with Crippen molar-refractivity contribution in [2.45, 2.75) is 26.0 Å². The molecule has 18 heavy (non-hydrogen) atoms. The van der Waals surface area contributed by atoms with Crippen molar-refractivity contribution >= 4 is 11.8 Å². The molecule has 0 fully saturated rings. The first-order valence-corrected chi connectivity index (χ1v) is 7.33. The highest BCUT2D eigenvalue weighted by Gasteiger charge is 2.01. The molecule has 0 saturated carbocycles. The molecule has 2 N–H and O–H groups in total.